The zero-order valence-corrected chi connectivity index (χ0v) is 21.1. The van der Waals surface area contributed by atoms with Gasteiger partial charge in [-0.05, 0) is 95.5 Å². The van der Waals surface area contributed by atoms with Crippen molar-refractivity contribution in [3.05, 3.63) is 53.2 Å². The number of piperidine rings is 1. The number of aryl methyl sites for hydroxylation is 1. The minimum atomic E-state index is 0.683. The van der Waals surface area contributed by atoms with Crippen molar-refractivity contribution in [1.82, 2.24) is 20.5 Å². The Morgan fingerprint density at radius 2 is 1.85 bits per heavy atom. The zero-order valence-electron chi connectivity index (χ0n) is 21.1. The van der Waals surface area contributed by atoms with E-state index < -0.39 is 0 Å². The van der Waals surface area contributed by atoms with Crippen LogP contribution in [0.3, 0.4) is 0 Å². The maximum absolute atomic E-state index is 8.81. The first-order valence-electron chi connectivity index (χ1n) is 11.8. The highest BCUT2D eigenvalue weighted by molar-refractivity contribution is 5.91. The molecule has 3 N–H and O–H groups in total. The molecule has 5 heteroatoms. The number of terminal acetylenes is 1. The van der Waals surface area contributed by atoms with Gasteiger partial charge >= 0.3 is 0 Å². The quantitative estimate of drug-likeness (QED) is 0.315. The van der Waals surface area contributed by atoms with Gasteiger partial charge in [0.05, 0.1) is 0 Å². The molecule has 0 spiro atoms. The van der Waals surface area contributed by atoms with Crippen LogP contribution in [0.15, 0.2) is 36.4 Å². The number of nitrogens with one attached hydrogen (secondary N) is 3. The van der Waals surface area contributed by atoms with E-state index in [1.54, 1.807) is 0 Å². The molecule has 0 aliphatic carbocycles. The summed E-state index contributed by atoms with van der Waals surface area (Å²) in [4.78, 5) is 15.0. The van der Waals surface area contributed by atoms with Gasteiger partial charge in [-0.2, -0.15) is 0 Å². The van der Waals surface area contributed by atoms with Gasteiger partial charge in [0, 0.05) is 36.2 Å². The lowest BCUT2D eigenvalue weighted by Crippen LogP contribution is -2.37. The van der Waals surface area contributed by atoms with Crippen molar-refractivity contribution in [2.24, 2.45) is 0 Å². The number of H-pyrrole nitrogens is 1. The molecule has 1 aliphatic rings. The number of likely N-dealkylation sites (tertiary alicyclic amines) is 1. The number of hydrogen-bond acceptors (Lipinski definition) is 4. The number of rotatable bonds is 8. The lowest BCUT2D eigenvalue weighted by atomic mass is 9.88. The first-order valence-corrected chi connectivity index (χ1v) is 11.8. The molecule has 180 valence electrons. The van der Waals surface area contributed by atoms with Crippen molar-refractivity contribution in [1.29, 1.82) is 0 Å². The summed E-state index contributed by atoms with van der Waals surface area (Å²) >= 11 is 0. The molecule has 0 atom stereocenters. The smallest absolute Gasteiger partial charge is 0.116 e. The molecule has 0 saturated carbocycles. The second kappa shape index (κ2) is 16.0. The number of benzene rings is 1. The summed E-state index contributed by atoms with van der Waals surface area (Å²) in [6.45, 7) is 11.3. The van der Waals surface area contributed by atoms with Crippen LogP contribution in [0.1, 0.15) is 49.4 Å². The molecule has 1 aromatic carbocycles. The van der Waals surface area contributed by atoms with Gasteiger partial charge in [-0.15, -0.1) is 12.8 Å². The second-order valence-corrected chi connectivity index (χ2v) is 8.10. The summed E-state index contributed by atoms with van der Waals surface area (Å²) < 4.78 is 0. The third-order valence-corrected chi connectivity index (χ3v) is 5.98. The number of hydrogen-bond donors (Lipinski definition) is 3. The van der Waals surface area contributed by atoms with Crippen LogP contribution in [0.2, 0.25) is 0 Å². The van der Waals surface area contributed by atoms with Crippen LogP contribution >= 0.6 is 0 Å². The second-order valence-electron chi connectivity index (χ2n) is 8.10. The van der Waals surface area contributed by atoms with Gasteiger partial charge in [-0.1, -0.05) is 24.3 Å². The van der Waals surface area contributed by atoms with Crippen molar-refractivity contribution in [2.75, 3.05) is 46.8 Å². The lowest BCUT2D eigenvalue weighted by Gasteiger charge is -2.32. The van der Waals surface area contributed by atoms with Crippen LogP contribution in [-0.2, 0) is 4.79 Å². The Bertz CT molecular complexity index is 915. The molecule has 1 saturated heterocycles. The molecule has 0 unspecified atom stereocenters. The van der Waals surface area contributed by atoms with Crippen LogP contribution in [0.5, 0.6) is 0 Å². The number of aromatic amines is 1. The maximum atomic E-state index is 8.81. The van der Waals surface area contributed by atoms with Crippen LogP contribution in [-0.4, -0.2) is 63.0 Å². The molecular formula is C28H42N4O. The average molecular weight is 451 g/mol. The van der Waals surface area contributed by atoms with Crippen molar-refractivity contribution < 1.29 is 4.79 Å². The molecular weight excluding hydrogens is 408 g/mol. The number of carbonyl (C=O) groups excluding carboxylic acids is 1. The normalized spacial score (nSPS) is 15.1. The van der Waals surface area contributed by atoms with E-state index in [1.165, 1.54) is 66.2 Å². The Hall–Kier alpha value is -2.65. The van der Waals surface area contributed by atoms with Crippen LogP contribution in [0.25, 0.3) is 16.5 Å². The van der Waals surface area contributed by atoms with Gasteiger partial charge in [0.1, 0.15) is 6.29 Å². The van der Waals surface area contributed by atoms with Crippen LogP contribution in [0, 0.1) is 19.8 Å². The summed E-state index contributed by atoms with van der Waals surface area (Å²) in [5.74, 6) is 0.683. The molecule has 1 aromatic heterocycles. The van der Waals surface area contributed by atoms with E-state index in [-0.39, 0.29) is 0 Å². The number of fused-ring (bicyclic) bond motifs is 1. The van der Waals surface area contributed by atoms with Gasteiger partial charge in [-0.25, -0.2) is 0 Å². The van der Waals surface area contributed by atoms with E-state index in [0.717, 1.165) is 25.9 Å². The maximum Gasteiger partial charge on any atom is 0.116 e. The molecule has 0 bridgehead atoms. The zero-order chi connectivity index (χ0) is 24.6. The highest BCUT2D eigenvalue weighted by Gasteiger charge is 2.21. The van der Waals surface area contributed by atoms with Crippen molar-refractivity contribution in [2.45, 2.75) is 39.5 Å². The van der Waals surface area contributed by atoms with E-state index in [2.05, 4.69) is 83.6 Å². The Morgan fingerprint density at radius 1 is 1.18 bits per heavy atom. The Balaban J connectivity index is 0.00000101. The molecule has 5 nitrogen and oxygen atoms in total. The van der Waals surface area contributed by atoms with Gasteiger partial charge in [0.15, 0.2) is 0 Å². The minimum Gasteiger partial charge on any atom is -0.354 e. The number of likely N-dealkylation sites (N-methyl/N-ethyl adjacent to an activating group) is 2. The fourth-order valence-electron chi connectivity index (χ4n) is 4.29. The molecule has 1 aliphatic heterocycles. The van der Waals surface area contributed by atoms with Crippen molar-refractivity contribution >= 4 is 22.8 Å². The summed E-state index contributed by atoms with van der Waals surface area (Å²) in [6, 6.07) is 7.05. The lowest BCUT2D eigenvalue weighted by molar-refractivity contribution is -0.106. The van der Waals surface area contributed by atoms with Gasteiger partial charge in [0.2, 0.25) is 0 Å². The number of allylic oxidation sites excluding steroid dienone is 3. The molecule has 3 rings (SSSR count). The SMILES string of the molecule is C#C.C/C=C\C(=C/CNC)c1[nH]c2ccc(C3CCN(CCNC)CC3)cc2c1C.CC=O. The summed E-state index contributed by atoms with van der Waals surface area (Å²) in [5.41, 5.74) is 6.58. The van der Waals surface area contributed by atoms with E-state index in [9.17, 15) is 0 Å². The third kappa shape index (κ3) is 8.33. The number of carbonyl (C=O) groups is 1. The predicted molar refractivity (Wildman–Crippen MR) is 144 cm³/mol. The predicted octanol–water partition coefficient (Wildman–Crippen LogP) is 4.51. The van der Waals surface area contributed by atoms with Crippen LogP contribution < -0.4 is 10.6 Å². The minimum absolute atomic E-state index is 0.683. The summed E-state index contributed by atoms with van der Waals surface area (Å²) in [6.07, 6.45) is 17.8. The van der Waals surface area contributed by atoms with Crippen molar-refractivity contribution in [3.63, 3.8) is 0 Å². The summed E-state index contributed by atoms with van der Waals surface area (Å²) in [5, 5.41) is 7.84. The van der Waals surface area contributed by atoms with Crippen LogP contribution in [0.4, 0.5) is 0 Å². The van der Waals surface area contributed by atoms with E-state index in [0.29, 0.717) is 5.92 Å². The van der Waals surface area contributed by atoms with Gasteiger partial charge in [0.25, 0.3) is 0 Å². The Kier molecular flexibility index (Phi) is 13.8. The summed E-state index contributed by atoms with van der Waals surface area (Å²) in [7, 11) is 4.02. The first-order chi connectivity index (χ1) is 16.1. The third-order valence-electron chi connectivity index (χ3n) is 5.98. The van der Waals surface area contributed by atoms with E-state index >= 15 is 0 Å². The molecule has 0 radical (unpaired) electrons. The van der Waals surface area contributed by atoms with Crippen molar-refractivity contribution in [3.8, 4) is 12.8 Å². The fraction of sp³-hybridized carbons (Fsp3) is 0.464. The molecule has 1 fully saturated rings. The number of nitrogens with zero attached hydrogens (tertiary/aromatic N) is 1. The highest BCUT2D eigenvalue weighted by atomic mass is 16.1. The largest absolute Gasteiger partial charge is 0.354 e. The fourth-order valence-corrected chi connectivity index (χ4v) is 4.29. The topological polar surface area (TPSA) is 60.2 Å². The van der Waals surface area contributed by atoms with E-state index in [4.69, 9.17) is 4.79 Å². The molecule has 2 aromatic rings. The Labute approximate surface area is 200 Å². The van der Waals surface area contributed by atoms with Gasteiger partial charge < -0.3 is 25.3 Å². The van der Waals surface area contributed by atoms with Gasteiger partial charge in [-0.3, -0.25) is 0 Å². The molecule has 0 amide bonds. The van der Waals surface area contributed by atoms with E-state index in [1.807, 2.05) is 14.1 Å². The monoisotopic (exact) mass is 450 g/mol. The Morgan fingerprint density at radius 3 is 2.42 bits per heavy atom. The average Bonchev–Trinajstić information content (AvgIpc) is 3.18. The first kappa shape index (κ1) is 28.4. The number of aromatic nitrogens is 1. The standard InChI is InChI=1S/C24H36N4.C2H4O.C2H2/c1-5-6-20(9-12-25-3)24-18(2)22-17-21(7-8-23(22)27-24)19-10-14-28(15-11-19)16-13-26-4;1-2-3;1-2/h5-9,17,19,25-27H,10-16H2,1-4H3;2H,1H3;1-2H/b6-5-,20-9+;;. The number of aldehydes is 1. The highest BCUT2D eigenvalue weighted by Crippen LogP contribution is 2.33. The molecule has 2 heterocycles. The molecule has 33 heavy (non-hydrogen) atoms.